The summed E-state index contributed by atoms with van der Waals surface area (Å²) < 4.78 is 0. The van der Waals surface area contributed by atoms with Crippen LogP contribution in [-0.4, -0.2) is 49.9 Å². The van der Waals surface area contributed by atoms with Crippen molar-refractivity contribution >= 4 is 23.6 Å². The first-order valence-corrected chi connectivity index (χ1v) is 9.01. The fraction of sp³-hybridized carbons (Fsp3) is 0.286. The lowest BCUT2D eigenvalue weighted by molar-refractivity contribution is -0.129. The van der Waals surface area contributed by atoms with Gasteiger partial charge in [-0.1, -0.05) is 35.9 Å². The van der Waals surface area contributed by atoms with E-state index in [0.29, 0.717) is 13.1 Å². The molecule has 1 fully saturated rings. The molecule has 27 heavy (non-hydrogen) atoms. The minimum atomic E-state index is 0.0349. The molecule has 0 radical (unpaired) electrons. The van der Waals surface area contributed by atoms with Gasteiger partial charge in [-0.25, -0.2) is 0 Å². The molecule has 3 rings (SSSR count). The number of para-hydroxylation sites is 1. The highest BCUT2D eigenvalue weighted by Crippen LogP contribution is 2.17. The van der Waals surface area contributed by atoms with Gasteiger partial charge in [0, 0.05) is 37.6 Å². The zero-order chi connectivity index (χ0) is 19.1. The number of carbonyl (C=O) groups is 1. The highest BCUT2D eigenvalue weighted by Gasteiger charge is 2.22. The van der Waals surface area contributed by atoms with E-state index in [4.69, 9.17) is 5.26 Å². The Morgan fingerprint density at radius 3 is 2.41 bits per heavy atom. The zero-order valence-electron chi connectivity index (χ0n) is 15.5. The van der Waals surface area contributed by atoms with Gasteiger partial charge in [0.1, 0.15) is 12.9 Å². The third-order valence-electron chi connectivity index (χ3n) is 4.68. The van der Waals surface area contributed by atoms with Gasteiger partial charge in [-0.3, -0.25) is 4.79 Å². The Labute approximate surface area is 159 Å². The maximum Gasteiger partial charge on any atom is 0.242 e. The fourth-order valence-electron chi connectivity index (χ4n) is 3.13. The molecule has 1 amide bonds. The molecule has 0 aromatic heterocycles. The number of amides is 1. The van der Waals surface area contributed by atoms with Gasteiger partial charge in [0.05, 0.1) is 0 Å². The molecular formula is C21H23N5O. The van der Waals surface area contributed by atoms with E-state index in [9.17, 15) is 4.79 Å². The van der Waals surface area contributed by atoms with Crippen molar-refractivity contribution in [2.45, 2.75) is 6.92 Å². The molecule has 0 aliphatic carbocycles. The fourth-order valence-corrected chi connectivity index (χ4v) is 3.13. The van der Waals surface area contributed by atoms with Gasteiger partial charge < -0.3 is 14.7 Å². The van der Waals surface area contributed by atoms with Crippen molar-refractivity contribution in [1.29, 1.82) is 5.26 Å². The lowest BCUT2D eigenvalue weighted by Crippen LogP contribution is -2.51. The molecule has 1 heterocycles. The van der Waals surface area contributed by atoms with Crippen LogP contribution in [0.5, 0.6) is 0 Å². The Bertz CT molecular complexity index is 818. The number of piperazine rings is 1. The summed E-state index contributed by atoms with van der Waals surface area (Å²) in [6.45, 7) is 5.17. The van der Waals surface area contributed by atoms with Crippen LogP contribution in [-0.2, 0) is 4.79 Å². The molecule has 1 aliphatic heterocycles. The summed E-state index contributed by atoms with van der Waals surface area (Å²) in [5, 5.41) is 8.75. The van der Waals surface area contributed by atoms with Crippen molar-refractivity contribution in [2.24, 2.45) is 4.99 Å². The smallest absolute Gasteiger partial charge is 0.242 e. The molecule has 6 heteroatoms. The number of rotatable bonds is 5. The molecule has 1 aliphatic rings. The number of nitrogens with zero attached hydrogens (tertiary/aromatic N) is 5. The number of hydrogen-bond acceptors (Lipinski definition) is 4. The lowest BCUT2D eigenvalue weighted by atomic mass is 10.2. The Morgan fingerprint density at radius 2 is 1.78 bits per heavy atom. The minimum absolute atomic E-state index is 0.0349. The molecule has 2 aromatic carbocycles. The number of nitriles is 1. The van der Waals surface area contributed by atoms with Crippen molar-refractivity contribution in [2.75, 3.05) is 42.5 Å². The summed E-state index contributed by atoms with van der Waals surface area (Å²) in [6.07, 6.45) is 3.17. The summed E-state index contributed by atoms with van der Waals surface area (Å²) in [5.74, 6) is 0.0349. The normalized spacial score (nSPS) is 14.2. The SMILES string of the molecule is Cc1ccc(N(C=NC#N)CC(=O)N2CCN(c3ccccc3)CC2)cc1. The first-order valence-electron chi connectivity index (χ1n) is 9.01. The third-order valence-corrected chi connectivity index (χ3v) is 4.68. The van der Waals surface area contributed by atoms with E-state index in [2.05, 4.69) is 22.0 Å². The van der Waals surface area contributed by atoms with Crippen LogP contribution in [0.15, 0.2) is 59.6 Å². The summed E-state index contributed by atoms with van der Waals surface area (Å²) in [5.41, 5.74) is 3.17. The monoisotopic (exact) mass is 361 g/mol. The lowest BCUT2D eigenvalue weighted by Gasteiger charge is -2.36. The molecule has 138 valence electrons. The van der Waals surface area contributed by atoms with Crippen molar-refractivity contribution in [3.63, 3.8) is 0 Å². The van der Waals surface area contributed by atoms with Crippen LogP contribution in [0.3, 0.4) is 0 Å². The highest BCUT2D eigenvalue weighted by atomic mass is 16.2. The molecule has 1 saturated heterocycles. The van der Waals surface area contributed by atoms with Gasteiger partial charge in [-0.2, -0.15) is 10.3 Å². The second-order valence-corrected chi connectivity index (χ2v) is 6.51. The van der Waals surface area contributed by atoms with Crippen LogP contribution in [0.25, 0.3) is 0 Å². The maximum absolute atomic E-state index is 12.8. The Balaban J connectivity index is 1.62. The van der Waals surface area contributed by atoms with Gasteiger partial charge >= 0.3 is 0 Å². The molecule has 0 atom stereocenters. The largest absolute Gasteiger partial charge is 0.368 e. The van der Waals surface area contributed by atoms with Gasteiger partial charge in [0.25, 0.3) is 0 Å². The predicted octanol–water partition coefficient (Wildman–Crippen LogP) is 2.66. The second kappa shape index (κ2) is 8.86. The van der Waals surface area contributed by atoms with Crippen LogP contribution < -0.4 is 9.80 Å². The number of aliphatic imine (C=N–C) groups is 1. The highest BCUT2D eigenvalue weighted by molar-refractivity contribution is 5.90. The van der Waals surface area contributed by atoms with Gasteiger partial charge in [-0.05, 0) is 31.2 Å². The summed E-state index contributed by atoms with van der Waals surface area (Å²) in [4.78, 5) is 22.3. The van der Waals surface area contributed by atoms with Crippen molar-refractivity contribution in [1.82, 2.24) is 4.90 Å². The first kappa shape index (κ1) is 18.5. The van der Waals surface area contributed by atoms with E-state index in [1.54, 1.807) is 11.1 Å². The van der Waals surface area contributed by atoms with Gasteiger partial charge in [0.2, 0.25) is 12.1 Å². The standard InChI is InChI=1S/C21H23N5O/c1-18-7-9-20(10-8-18)26(17-23-16-22)15-21(27)25-13-11-24(12-14-25)19-5-3-2-4-6-19/h2-10,17H,11-15H2,1H3. The topological polar surface area (TPSA) is 62.9 Å². The van der Waals surface area contributed by atoms with E-state index in [-0.39, 0.29) is 12.5 Å². The van der Waals surface area contributed by atoms with Crippen LogP contribution in [0.4, 0.5) is 11.4 Å². The average Bonchev–Trinajstić information content (AvgIpc) is 2.72. The summed E-state index contributed by atoms with van der Waals surface area (Å²) in [7, 11) is 0. The van der Waals surface area contributed by atoms with E-state index >= 15 is 0 Å². The Kier molecular flexibility index (Phi) is 6.06. The number of anilines is 2. The van der Waals surface area contributed by atoms with Crippen LogP contribution in [0, 0.1) is 18.4 Å². The van der Waals surface area contributed by atoms with Gasteiger partial charge in [-0.15, -0.1) is 0 Å². The number of benzene rings is 2. The quantitative estimate of drug-likeness (QED) is 0.467. The molecule has 2 aromatic rings. The second-order valence-electron chi connectivity index (χ2n) is 6.51. The van der Waals surface area contributed by atoms with Crippen LogP contribution in [0.2, 0.25) is 0 Å². The number of aryl methyl sites for hydroxylation is 1. The minimum Gasteiger partial charge on any atom is -0.368 e. The number of hydrogen-bond donors (Lipinski definition) is 0. The van der Waals surface area contributed by atoms with Crippen molar-refractivity contribution in [3.8, 4) is 6.19 Å². The molecule has 6 nitrogen and oxygen atoms in total. The Morgan fingerprint density at radius 1 is 1.11 bits per heavy atom. The first-order chi connectivity index (χ1) is 13.2. The van der Waals surface area contributed by atoms with E-state index in [1.165, 1.54) is 12.0 Å². The van der Waals surface area contributed by atoms with E-state index in [0.717, 1.165) is 24.3 Å². The summed E-state index contributed by atoms with van der Waals surface area (Å²) >= 11 is 0. The number of carbonyl (C=O) groups excluding carboxylic acids is 1. The summed E-state index contributed by atoms with van der Waals surface area (Å²) in [6, 6.07) is 18.1. The predicted molar refractivity (Wildman–Crippen MR) is 108 cm³/mol. The molecule has 0 unspecified atom stereocenters. The van der Waals surface area contributed by atoms with Crippen LogP contribution in [0.1, 0.15) is 5.56 Å². The molecule has 0 bridgehead atoms. The molecule has 0 N–H and O–H groups in total. The van der Waals surface area contributed by atoms with E-state index < -0.39 is 0 Å². The third kappa shape index (κ3) is 4.85. The molecule has 0 saturated carbocycles. The maximum atomic E-state index is 12.8. The van der Waals surface area contributed by atoms with Crippen molar-refractivity contribution < 1.29 is 4.79 Å². The van der Waals surface area contributed by atoms with Gasteiger partial charge in [0.15, 0.2) is 0 Å². The zero-order valence-corrected chi connectivity index (χ0v) is 15.5. The van der Waals surface area contributed by atoms with Crippen molar-refractivity contribution in [3.05, 3.63) is 60.2 Å². The van der Waals surface area contributed by atoms with E-state index in [1.807, 2.05) is 54.3 Å². The van der Waals surface area contributed by atoms with Crippen LogP contribution >= 0.6 is 0 Å². The molecular weight excluding hydrogens is 338 g/mol. The molecule has 0 spiro atoms. The Hall–Kier alpha value is -3.33. The average molecular weight is 361 g/mol.